The Morgan fingerprint density at radius 2 is 1.16 bits per heavy atom. The molecule has 8 nitrogen and oxygen atoms in total. The van der Waals surface area contributed by atoms with Gasteiger partial charge in [-0.05, 0) is 70.2 Å². The largest absolute Gasteiger partial charge is 0.466 e. The van der Waals surface area contributed by atoms with Gasteiger partial charge in [0.05, 0.1) is 27.6 Å². The zero-order valence-electron chi connectivity index (χ0n) is 21.9. The van der Waals surface area contributed by atoms with Gasteiger partial charge >= 0.3 is 5.97 Å². The molecule has 38 heavy (non-hydrogen) atoms. The average molecular weight is 587 g/mol. The fourth-order valence-electron chi connectivity index (χ4n) is 3.63. The summed E-state index contributed by atoms with van der Waals surface area (Å²) in [7, 11) is -7.42. The smallest absolute Gasteiger partial charge is 0.305 e. The maximum absolute atomic E-state index is 12.2. The third-order valence-corrected chi connectivity index (χ3v) is 9.50. The molecule has 210 valence electrons. The number of esters is 1. The minimum atomic E-state index is -3.77. The van der Waals surface area contributed by atoms with Gasteiger partial charge in [0, 0.05) is 18.7 Å². The summed E-state index contributed by atoms with van der Waals surface area (Å²) in [6, 6.07) is 13.2. The number of hydrogen-bond acceptors (Lipinski definition) is 8. The molecule has 0 aromatic heterocycles. The van der Waals surface area contributed by atoms with E-state index < -0.39 is 31.4 Å². The molecular weight excluding hydrogens is 552 g/mol. The Bertz CT molecular complexity index is 1300. The van der Waals surface area contributed by atoms with Gasteiger partial charge in [-0.2, -0.15) is 16.8 Å². The number of ether oxygens (including phenoxy) is 1. The fraction of sp³-hybridized carbons (Fsp3) is 0.519. The van der Waals surface area contributed by atoms with Gasteiger partial charge in [-0.3, -0.25) is 13.2 Å². The molecular formula is C27H35ClO8S2. The van der Waals surface area contributed by atoms with E-state index in [-0.39, 0.29) is 22.4 Å². The van der Waals surface area contributed by atoms with Gasteiger partial charge in [-0.1, -0.05) is 42.3 Å². The lowest BCUT2D eigenvalue weighted by Crippen LogP contribution is -2.22. The van der Waals surface area contributed by atoms with Gasteiger partial charge in [0.25, 0.3) is 20.2 Å². The van der Waals surface area contributed by atoms with Crippen LogP contribution >= 0.6 is 11.6 Å². The predicted molar refractivity (Wildman–Crippen MR) is 144 cm³/mol. The highest BCUT2D eigenvalue weighted by Gasteiger charge is 2.48. The Kier molecular flexibility index (Phi) is 10.0. The molecule has 0 saturated heterocycles. The molecule has 0 bridgehead atoms. The van der Waals surface area contributed by atoms with Crippen molar-refractivity contribution >= 4 is 37.8 Å². The van der Waals surface area contributed by atoms with Crippen LogP contribution in [0.5, 0.6) is 0 Å². The molecule has 0 unspecified atom stereocenters. The third kappa shape index (κ3) is 8.77. The molecule has 2 fully saturated rings. The van der Waals surface area contributed by atoms with Gasteiger partial charge in [-0.15, -0.1) is 11.6 Å². The van der Waals surface area contributed by atoms with E-state index in [1.165, 1.54) is 12.1 Å². The maximum Gasteiger partial charge on any atom is 0.305 e. The Morgan fingerprint density at radius 1 is 0.763 bits per heavy atom. The first-order chi connectivity index (χ1) is 17.8. The monoisotopic (exact) mass is 586 g/mol. The van der Waals surface area contributed by atoms with Crippen LogP contribution < -0.4 is 0 Å². The molecule has 2 aromatic rings. The second kappa shape index (κ2) is 12.5. The predicted octanol–water partition coefficient (Wildman–Crippen LogP) is 5.44. The first-order valence-corrected chi connectivity index (χ1v) is 16.0. The van der Waals surface area contributed by atoms with E-state index in [0.717, 1.165) is 24.0 Å². The molecule has 0 atom stereocenters. The van der Waals surface area contributed by atoms with Gasteiger partial charge in [-0.25, -0.2) is 0 Å². The summed E-state index contributed by atoms with van der Waals surface area (Å²) in [4.78, 5) is 11.4. The first-order valence-electron chi connectivity index (χ1n) is 12.6. The first kappa shape index (κ1) is 30.6. The minimum absolute atomic E-state index is 0.157. The number of aryl methyl sites for hydroxylation is 2. The summed E-state index contributed by atoms with van der Waals surface area (Å²) in [6.07, 6.45) is 4.18. The SMILES string of the molecule is CCC(=O)OCCC1(OS(=O)(=O)c2ccc(C)cc2)CC1.Cc1ccc(S(=O)(=O)OC2(CCCl)CC2)cc1. The quantitative estimate of drug-likeness (QED) is 0.184. The molecule has 2 aliphatic rings. The summed E-state index contributed by atoms with van der Waals surface area (Å²) in [6.45, 7) is 5.71. The van der Waals surface area contributed by atoms with E-state index in [4.69, 9.17) is 24.7 Å². The van der Waals surface area contributed by atoms with Crippen molar-refractivity contribution in [3.05, 3.63) is 59.7 Å². The van der Waals surface area contributed by atoms with Crippen LogP contribution in [0.4, 0.5) is 0 Å². The average Bonchev–Trinajstić information content (AvgIpc) is 3.78. The van der Waals surface area contributed by atoms with E-state index in [1.54, 1.807) is 43.3 Å². The van der Waals surface area contributed by atoms with E-state index in [9.17, 15) is 21.6 Å². The molecule has 0 aliphatic heterocycles. The van der Waals surface area contributed by atoms with Crippen molar-refractivity contribution in [2.45, 2.75) is 86.7 Å². The summed E-state index contributed by atoms with van der Waals surface area (Å²) in [5, 5.41) is 0. The Labute approximate surface area is 230 Å². The molecule has 0 heterocycles. The highest BCUT2D eigenvalue weighted by Crippen LogP contribution is 2.46. The number of hydrogen-bond donors (Lipinski definition) is 0. The van der Waals surface area contributed by atoms with Crippen LogP contribution in [-0.2, 0) is 38.1 Å². The molecule has 4 rings (SSSR count). The second-order valence-corrected chi connectivity index (χ2v) is 13.3. The van der Waals surface area contributed by atoms with Gasteiger partial charge in [0.1, 0.15) is 0 Å². The van der Waals surface area contributed by atoms with Crippen molar-refractivity contribution in [2.75, 3.05) is 12.5 Å². The number of benzene rings is 2. The van der Waals surface area contributed by atoms with Crippen molar-refractivity contribution in [3.8, 4) is 0 Å². The minimum Gasteiger partial charge on any atom is -0.466 e. The van der Waals surface area contributed by atoms with Gasteiger partial charge in [0.2, 0.25) is 0 Å². The number of carbonyl (C=O) groups excluding carboxylic acids is 1. The van der Waals surface area contributed by atoms with Gasteiger partial charge < -0.3 is 4.74 Å². The normalized spacial score (nSPS) is 17.2. The van der Waals surface area contributed by atoms with Crippen LogP contribution in [0.3, 0.4) is 0 Å². The van der Waals surface area contributed by atoms with E-state index in [1.807, 2.05) is 13.8 Å². The molecule has 2 aromatic carbocycles. The molecule has 11 heteroatoms. The standard InChI is InChI=1S/C15H20O5S.C12H15ClO3S/c1-3-14(16)19-11-10-15(8-9-15)20-21(17,18)13-6-4-12(2)5-7-13;1-10-2-4-11(5-3-10)17(14,15)16-12(6-7-12)8-9-13/h4-7H,3,8-11H2,1-2H3;2-5H,6-9H2,1H3. The van der Waals surface area contributed by atoms with Crippen LogP contribution in [-0.4, -0.2) is 46.5 Å². The van der Waals surface area contributed by atoms with E-state index >= 15 is 0 Å². The zero-order valence-corrected chi connectivity index (χ0v) is 24.3. The zero-order chi connectivity index (χ0) is 28.0. The highest BCUT2D eigenvalue weighted by atomic mass is 35.5. The lowest BCUT2D eigenvalue weighted by molar-refractivity contribution is -0.143. The number of carbonyl (C=O) groups is 1. The Hall–Kier alpha value is -1.98. The lowest BCUT2D eigenvalue weighted by atomic mass is 10.2. The molecule has 0 amide bonds. The topological polar surface area (TPSA) is 113 Å². The number of rotatable bonds is 12. The Balaban J connectivity index is 0.000000215. The lowest BCUT2D eigenvalue weighted by Gasteiger charge is -2.16. The maximum atomic E-state index is 12.2. The molecule has 2 saturated carbocycles. The summed E-state index contributed by atoms with van der Waals surface area (Å²) >= 11 is 5.65. The molecule has 0 spiro atoms. The van der Waals surface area contributed by atoms with Crippen molar-refractivity contribution in [3.63, 3.8) is 0 Å². The van der Waals surface area contributed by atoms with Crippen molar-refractivity contribution in [1.82, 2.24) is 0 Å². The fourth-order valence-corrected chi connectivity index (χ4v) is 6.53. The van der Waals surface area contributed by atoms with Crippen molar-refractivity contribution in [1.29, 1.82) is 0 Å². The summed E-state index contributed by atoms with van der Waals surface area (Å²) in [5.41, 5.74) is 0.774. The summed E-state index contributed by atoms with van der Waals surface area (Å²) in [5.74, 6) is 0.135. The highest BCUT2D eigenvalue weighted by molar-refractivity contribution is 7.87. The van der Waals surface area contributed by atoms with E-state index in [0.29, 0.717) is 38.0 Å². The number of halogens is 1. The second-order valence-electron chi connectivity index (χ2n) is 9.83. The van der Waals surface area contributed by atoms with Crippen molar-refractivity contribution < 1.29 is 34.7 Å². The van der Waals surface area contributed by atoms with Crippen molar-refractivity contribution in [2.24, 2.45) is 0 Å². The number of alkyl halides is 1. The van der Waals surface area contributed by atoms with E-state index in [2.05, 4.69) is 0 Å². The summed E-state index contributed by atoms with van der Waals surface area (Å²) < 4.78 is 64.1. The van der Waals surface area contributed by atoms with Crippen LogP contribution in [0.1, 0.15) is 63.0 Å². The Morgan fingerprint density at radius 3 is 1.50 bits per heavy atom. The van der Waals surface area contributed by atoms with Crippen LogP contribution in [0.25, 0.3) is 0 Å². The third-order valence-electron chi connectivity index (χ3n) is 6.47. The molecule has 2 aliphatic carbocycles. The van der Waals surface area contributed by atoms with Crippen LogP contribution in [0.2, 0.25) is 0 Å². The molecule has 0 N–H and O–H groups in total. The van der Waals surface area contributed by atoms with Crippen LogP contribution in [0.15, 0.2) is 58.3 Å². The van der Waals surface area contributed by atoms with Gasteiger partial charge in [0.15, 0.2) is 0 Å². The van der Waals surface area contributed by atoms with Crippen LogP contribution in [0, 0.1) is 13.8 Å². The molecule has 0 radical (unpaired) electrons.